The molecule has 1 aromatic carbocycles. The maximum Gasteiger partial charge on any atom is 0.181 e. The van der Waals surface area contributed by atoms with E-state index >= 15 is 0 Å². The lowest BCUT2D eigenvalue weighted by atomic mass is 9.47. The van der Waals surface area contributed by atoms with Crippen molar-refractivity contribution in [3.8, 4) is 11.5 Å². The van der Waals surface area contributed by atoms with E-state index in [4.69, 9.17) is 4.42 Å². The number of rotatable bonds is 2. The van der Waals surface area contributed by atoms with Gasteiger partial charge in [-0.25, -0.2) is 4.98 Å². The van der Waals surface area contributed by atoms with E-state index in [1.165, 1.54) is 37.3 Å². The summed E-state index contributed by atoms with van der Waals surface area (Å²) in [6.07, 6.45) is 9.18. The van der Waals surface area contributed by atoms with Crippen LogP contribution in [0.1, 0.15) is 58.9 Å². The van der Waals surface area contributed by atoms with E-state index in [1.807, 2.05) is 0 Å². The van der Waals surface area contributed by atoms with Crippen LogP contribution in [0.25, 0.3) is 11.1 Å². The van der Waals surface area contributed by atoms with Crippen LogP contribution in [-0.4, -0.2) is 15.2 Å². The molecule has 140 valence electrons. The first kappa shape index (κ1) is 17.4. The third-order valence-electron chi connectivity index (χ3n) is 7.82. The van der Waals surface area contributed by atoms with Crippen molar-refractivity contribution in [2.24, 2.45) is 22.7 Å². The van der Waals surface area contributed by atoms with Crippen LogP contribution in [0.5, 0.6) is 11.5 Å². The monoisotopic (exact) mass is 355 g/mol. The van der Waals surface area contributed by atoms with Crippen molar-refractivity contribution in [2.75, 3.05) is 0 Å². The summed E-state index contributed by atoms with van der Waals surface area (Å²) < 4.78 is 5.60. The Morgan fingerprint density at radius 3 is 2.81 bits per heavy atom. The minimum atomic E-state index is -0.115. The Hall–Kier alpha value is -1.97. The van der Waals surface area contributed by atoms with Crippen molar-refractivity contribution in [1.82, 2.24) is 4.98 Å². The van der Waals surface area contributed by atoms with Gasteiger partial charge in [-0.3, -0.25) is 0 Å². The molecule has 0 spiro atoms. The van der Waals surface area contributed by atoms with Gasteiger partial charge in [0.2, 0.25) is 0 Å². The van der Waals surface area contributed by atoms with E-state index in [-0.39, 0.29) is 22.3 Å². The third kappa shape index (κ3) is 2.30. The largest absolute Gasteiger partial charge is 0.504 e. The number of aromatic hydroxyl groups is 2. The average molecular weight is 355 g/mol. The molecule has 1 fully saturated rings. The van der Waals surface area contributed by atoms with Crippen molar-refractivity contribution < 1.29 is 14.6 Å². The van der Waals surface area contributed by atoms with Gasteiger partial charge in [0.1, 0.15) is 5.52 Å². The first-order chi connectivity index (χ1) is 12.3. The van der Waals surface area contributed by atoms with Gasteiger partial charge in [-0.15, -0.1) is 0 Å². The summed E-state index contributed by atoms with van der Waals surface area (Å²) in [5, 5.41) is 20.8. The molecular formula is C22H29NO3. The molecule has 4 nitrogen and oxygen atoms in total. The molecule has 0 unspecified atom stereocenters. The molecule has 2 aliphatic rings. The Balaban J connectivity index is 1.83. The van der Waals surface area contributed by atoms with E-state index in [0.717, 1.165) is 6.42 Å². The lowest BCUT2D eigenvalue weighted by Crippen LogP contribution is -2.50. The summed E-state index contributed by atoms with van der Waals surface area (Å²) in [4.78, 5) is 4.18. The standard InChI is InChI=1S/C22H29NO3/c1-13-6-5-7-18-21(13,3)9-8-14(2)22(18,4)11-15-19(25)17(24)10-16-20(15)26-12-23-16/h6,10,12,14,18,24-25H,5,7-9,11H2,1-4H3/t14-,18+,21+,22+/m0/s1. The fourth-order valence-electron chi connectivity index (χ4n) is 5.80. The molecule has 0 saturated heterocycles. The van der Waals surface area contributed by atoms with Crippen LogP contribution < -0.4 is 0 Å². The topological polar surface area (TPSA) is 66.5 Å². The van der Waals surface area contributed by atoms with Gasteiger partial charge in [0.25, 0.3) is 0 Å². The van der Waals surface area contributed by atoms with Crippen LogP contribution in [0.4, 0.5) is 0 Å². The number of hydrogen-bond acceptors (Lipinski definition) is 4. The van der Waals surface area contributed by atoms with E-state index in [1.54, 1.807) is 0 Å². The first-order valence-electron chi connectivity index (χ1n) is 9.71. The Kier molecular flexibility index (Phi) is 3.87. The highest BCUT2D eigenvalue weighted by atomic mass is 16.3. The molecule has 4 heteroatoms. The second kappa shape index (κ2) is 5.77. The number of oxazole rings is 1. The second-order valence-electron chi connectivity index (χ2n) is 8.98. The number of fused-ring (bicyclic) bond motifs is 2. The van der Waals surface area contributed by atoms with Gasteiger partial charge in [-0.05, 0) is 61.7 Å². The van der Waals surface area contributed by atoms with Gasteiger partial charge in [0.05, 0.1) is 0 Å². The van der Waals surface area contributed by atoms with E-state index in [2.05, 4.69) is 38.8 Å². The number of benzene rings is 1. The maximum atomic E-state index is 10.6. The normalized spacial score (nSPS) is 34.5. The molecule has 2 aromatic rings. The van der Waals surface area contributed by atoms with Gasteiger partial charge in [0.15, 0.2) is 23.5 Å². The predicted molar refractivity (Wildman–Crippen MR) is 102 cm³/mol. The van der Waals surface area contributed by atoms with Crippen LogP contribution in [0, 0.1) is 22.7 Å². The predicted octanol–water partition coefficient (Wildman–Crippen LogP) is 5.58. The molecule has 26 heavy (non-hydrogen) atoms. The summed E-state index contributed by atoms with van der Waals surface area (Å²) in [7, 11) is 0. The Morgan fingerprint density at radius 1 is 1.27 bits per heavy atom. The summed E-state index contributed by atoms with van der Waals surface area (Å²) in [5.74, 6) is 0.906. The zero-order valence-corrected chi connectivity index (χ0v) is 16.2. The van der Waals surface area contributed by atoms with E-state index < -0.39 is 0 Å². The van der Waals surface area contributed by atoms with E-state index in [9.17, 15) is 10.2 Å². The molecule has 0 bridgehead atoms. The van der Waals surface area contributed by atoms with Gasteiger partial charge in [-0.2, -0.15) is 0 Å². The highest BCUT2D eigenvalue weighted by Gasteiger charge is 2.53. The maximum absolute atomic E-state index is 10.6. The molecule has 0 aliphatic heterocycles. The van der Waals surface area contributed by atoms with Crippen molar-refractivity contribution in [1.29, 1.82) is 0 Å². The lowest BCUT2D eigenvalue weighted by Gasteiger charge is -2.58. The molecule has 2 aliphatic carbocycles. The number of nitrogens with zero attached hydrogens (tertiary/aromatic N) is 1. The summed E-state index contributed by atoms with van der Waals surface area (Å²) >= 11 is 0. The number of phenolic OH excluding ortho intramolecular Hbond substituents is 2. The van der Waals surface area contributed by atoms with Crippen molar-refractivity contribution in [2.45, 2.75) is 59.8 Å². The van der Waals surface area contributed by atoms with Crippen LogP contribution >= 0.6 is 0 Å². The molecule has 1 aromatic heterocycles. The molecule has 4 rings (SSSR count). The summed E-state index contributed by atoms with van der Waals surface area (Å²) in [6.45, 7) is 9.40. The minimum Gasteiger partial charge on any atom is -0.504 e. The second-order valence-corrected chi connectivity index (χ2v) is 8.98. The van der Waals surface area contributed by atoms with Crippen LogP contribution in [0.2, 0.25) is 0 Å². The Morgan fingerprint density at radius 2 is 2.04 bits per heavy atom. The molecule has 0 amide bonds. The minimum absolute atomic E-state index is 0.0213. The van der Waals surface area contributed by atoms with Gasteiger partial charge in [0, 0.05) is 11.6 Å². The highest BCUT2D eigenvalue weighted by molar-refractivity contribution is 5.81. The average Bonchev–Trinajstić information content (AvgIpc) is 3.06. The first-order valence-corrected chi connectivity index (χ1v) is 9.71. The van der Waals surface area contributed by atoms with Crippen LogP contribution in [0.3, 0.4) is 0 Å². The number of phenols is 2. The highest BCUT2D eigenvalue weighted by Crippen LogP contribution is 2.61. The summed E-state index contributed by atoms with van der Waals surface area (Å²) in [6, 6.07) is 1.47. The molecule has 1 heterocycles. The molecule has 0 radical (unpaired) electrons. The Labute approximate surface area is 154 Å². The number of aromatic nitrogens is 1. The molecule has 4 atom stereocenters. The molecule has 1 saturated carbocycles. The van der Waals surface area contributed by atoms with Crippen LogP contribution in [0.15, 0.2) is 28.5 Å². The molecular weight excluding hydrogens is 326 g/mol. The third-order valence-corrected chi connectivity index (χ3v) is 7.82. The summed E-state index contributed by atoms with van der Waals surface area (Å²) in [5.41, 5.74) is 3.65. The fourth-order valence-corrected chi connectivity index (χ4v) is 5.80. The van der Waals surface area contributed by atoms with Crippen molar-refractivity contribution in [3.63, 3.8) is 0 Å². The molecule has 2 N–H and O–H groups in total. The van der Waals surface area contributed by atoms with Crippen molar-refractivity contribution >= 4 is 11.1 Å². The van der Waals surface area contributed by atoms with Crippen LogP contribution in [-0.2, 0) is 6.42 Å². The zero-order valence-electron chi connectivity index (χ0n) is 16.2. The van der Waals surface area contributed by atoms with Gasteiger partial charge in [-0.1, -0.05) is 32.4 Å². The van der Waals surface area contributed by atoms with Gasteiger partial charge >= 0.3 is 0 Å². The van der Waals surface area contributed by atoms with Gasteiger partial charge < -0.3 is 14.6 Å². The smallest absolute Gasteiger partial charge is 0.181 e. The number of hydrogen-bond donors (Lipinski definition) is 2. The quantitative estimate of drug-likeness (QED) is 0.545. The fraction of sp³-hybridized carbons (Fsp3) is 0.591. The van der Waals surface area contributed by atoms with E-state index in [0.29, 0.717) is 34.9 Å². The SMILES string of the molecule is CC1=CCC[C@H]2[C@](C)(Cc3c(O)c(O)cc4ncoc34)[C@@H](C)CC[C@]12C. The zero-order chi connectivity index (χ0) is 18.7. The Bertz CT molecular complexity index is 883. The number of allylic oxidation sites excluding steroid dienone is 2. The lowest BCUT2D eigenvalue weighted by molar-refractivity contribution is -0.0411. The van der Waals surface area contributed by atoms with Crippen molar-refractivity contribution in [3.05, 3.63) is 29.7 Å².